The van der Waals surface area contributed by atoms with Crippen molar-refractivity contribution < 1.29 is 14.4 Å². The first-order valence-corrected chi connectivity index (χ1v) is 12.0. The van der Waals surface area contributed by atoms with Crippen molar-refractivity contribution in [2.45, 2.75) is 13.0 Å². The number of carbonyl (C=O) groups excluding carboxylic acids is 3. The van der Waals surface area contributed by atoms with Crippen LogP contribution in [-0.2, 0) is 16.6 Å². The Labute approximate surface area is 214 Å². The number of anilines is 1. The summed E-state index contributed by atoms with van der Waals surface area (Å²) in [5.74, 6) is -3.57. The number of hydrogen-bond acceptors (Lipinski definition) is 5. The molecular formula is C27H21BrN4O4. The topological polar surface area (TPSA) is 94.3 Å². The molecule has 0 aliphatic carbocycles. The quantitative estimate of drug-likeness (QED) is 0.216. The zero-order valence-electron chi connectivity index (χ0n) is 19.5. The van der Waals surface area contributed by atoms with Gasteiger partial charge in [0.15, 0.2) is 5.78 Å². The predicted octanol–water partition coefficient (Wildman–Crippen LogP) is 3.80. The molecule has 0 spiro atoms. The molecule has 9 heteroatoms. The molecule has 3 heterocycles. The molecule has 1 aliphatic rings. The van der Waals surface area contributed by atoms with E-state index in [0.717, 1.165) is 4.47 Å². The van der Waals surface area contributed by atoms with Crippen LogP contribution in [0.25, 0.3) is 5.69 Å². The summed E-state index contributed by atoms with van der Waals surface area (Å²) in [6.45, 7) is 1.71. The number of hydrogen-bond donors (Lipinski definition) is 0. The third-order valence-electron chi connectivity index (χ3n) is 6.51. The van der Waals surface area contributed by atoms with Gasteiger partial charge in [-0.15, -0.1) is 0 Å². The largest absolute Gasteiger partial charge is 0.296 e. The van der Waals surface area contributed by atoms with Crippen LogP contribution >= 0.6 is 15.9 Å². The molecule has 1 saturated heterocycles. The van der Waals surface area contributed by atoms with E-state index in [1.807, 2.05) is 6.07 Å². The van der Waals surface area contributed by atoms with Crippen LogP contribution in [0, 0.1) is 12.8 Å². The number of aromatic nitrogens is 3. The molecule has 5 rings (SSSR count). The van der Waals surface area contributed by atoms with Gasteiger partial charge in [0.2, 0.25) is 5.78 Å². The van der Waals surface area contributed by atoms with E-state index in [-0.39, 0.29) is 5.69 Å². The van der Waals surface area contributed by atoms with E-state index in [9.17, 15) is 19.2 Å². The molecule has 0 saturated carbocycles. The second-order valence-electron chi connectivity index (χ2n) is 8.53. The Morgan fingerprint density at radius 1 is 0.944 bits per heavy atom. The number of nitrogens with zero attached hydrogens (tertiary/aromatic N) is 4. The van der Waals surface area contributed by atoms with E-state index in [1.54, 1.807) is 85.5 Å². The van der Waals surface area contributed by atoms with Crippen LogP contribution < -0.4 is 10.5 Å². The molecule has 0 radical (unpaired) electrons. The summed E-state index contributed by atoms with van der Waals surface area (Å²) in [6, 6.07) is 18.0. The number of pyridine rings is 1. The molecule has 4 aromatic rings. The maximum Gasteiger partial charge on any atom is 0.296 e. The van der Waals surface area contributed by atoms with Gasteiger partial charge in [-0.1, -0.05) is 52.3 Å². The summed E-state index contributed by atoms with van der Waals surface area (Å²) >= 11 is 3.34. The molecule has 2 atom stereocenters. The average molecular weight is 545 g/mol. The Balaban J connectivity index is 1.71. The molecule has 1 aliphatic heterocycles. The van der Waals surface area contributed by atoms with Crippen LogP contribution in [0.15, 0.2) is 88.4 Å². The Morgan fingerprint density at radius 3 is 2.28 bits per heavy atom. The van der Waals surface area contributed by atoms with Crippen molar-refractivity contribution in [3.8, 4) is 5.69 Å². The standard InChI is InChI=1S/C27H21BrN4O4/c1-16-22(26(35)32(30(16)2)20-8-4-3-5-9-20)31-23(18-7-6-14-29-15-18)21(25(34)27(31)36)24(33)17-10-12-19(28)13-11-17/h3-15,21,23H,1-2H3. The molecule has 8 nitrogen and oxygen atoms in total. The van der Waals surface area contributed by atoms with Gasteiger partial charge in [-0.25, -0.2) is 4.68 Å². The molecular weight excluding hydrogens is 524 g/mol. The average Bonchev–Trinajstić information content (AvgIpc) is 3.28. The normalized spacial score (nSPS) is 17.6. The van der Waals surface area contributed by atoms with E-state index in [4.69, 9.17) is 0 Å². The lowest BCUT2D eigenvalue weighted by atomic mass is 9.87. The third kappa shape index (κ3) is 3.72. The van der Waals surface area contributed by atoms with Gasteiger partial charge < -0.3 is 0 Å². The van der Waals surface area contributed by atoms with Crippen LogP contribution in [0.2, 0.25) is 0 Å². The van der Waals surface area contributed by atoms with E-state index in [2.05, 4.69) is 20.9 Å². The Hall–Kier alpha value is -4.11. The minimum Gasteiger partial charge on any atom is -0.293 e. The lowest BCUT2D eigenvalue weighted by molar-refractivity contribution is -0.135. The highest BCUT2D eigenvalue weighted by molar-refractivity contribution is 9.10. The van der Waals surface area contributed by atoms with Gasteiger partial charge in [0.05, 0.1) is 17.4 Å². The highest BCUT2D eigenvalue weighted by atomic mass is 79.9. The summed E-state index contributed by atoms with van der Waals surface area (Å²) in [5.41, 5.74) is 1.47. The number of halogens is 1. The first-order chi connectivity index (χ1) is 17.3. The summed E-state index contributed by atoms with van der Waals surface area (Å²) in [4.78, 5) is 59.6. The van der Waals surface area contributed by atoms with E-state index in [0.29, 0.717) is 22.5 Å². The van der Waals surface area contributed by atoms with E-state index in [1.165, 1.54) is 15.8 Å². The van der Waals surface area contributed by atoms with Crippen LogP contribution in [0.1, 0.15) is 27.7 Å². The van der Waals surface area contributed by atoms with Crippen molar-refractivity contribution in [3.05, 3.63) is 111 Å². The van der Waals surface area contributed by atoms with E-state index < -0.39 is 35.0 Å². The number of Topliss-reactive ketones (excluding diaryl/α,β-unsaturated/α-hetero) is 2. The summed E-state index contributed by atoms with van der Waals surface area (Å²) in [6.07, 6.45) is 3.08. The SMILES string of the molecule is Cc1c(N2C(=O)C(=O)C(C(=O)c3ccc(Br)cc3)C2c2cccnc2)c(=O)n(-c2ccccc2)n1C. The summed E-state index contributed by atoms with van der Waals surface area (Å²) in [7, 11) is 1.71. The monoisotopic (exact) mass is 544 g/mol. The van der Waals surface area contributed by atoms with Crippen molar-refractivity contribution in [1.29, 1.82) is 0 Å². The lowest BCUT2D eigenvalue weighted by Crippen LogP contribution is -2.35. The number of ketones is 2. The van der Waals surface area contributed by atoms with Gasteiger partial charge in [-0.2, -0.15) is 0 Å². The number of benzene rings is 2. The summed E-state index contributed by atoms with van der Waals surface area (Å²) < 4.78 is 3.85. The van der Waals surface area contributed by atoms with Crippen molar-refractivity contribution in [1.82, 2.24) is 14.3 Å². The van der Waals surface area contributed by atoms with Crippen LogP contribution in [-0.4, -0.2) is 31.8 Å². The van der Waals surface area contributed by atoms with Gasteiger partial charge in [0.1, 0.15) is 11.6 Å². The molecule has 180 valence electrons. The molecule has 2 aromatic heterocycles. The smallest absolute Gasteiger partial charge is 0.293 e. The third-order valence-corrected chi connectivity index (χ3v) is 7.04. The van der Waals surface area contributed by atoms with Crippen molar-refractivity contribution in [3.63, 3.8) is 0 Å². The molecule has 2 unspecified atom stereocenters. The molecule has 2 aromatic carbocycles. The molecule has 36 heavy (non-hydrogen) atoms. The van der Waals surface area contributed by atoms with Crippen molar-refractivity contribution in [2.24, 2.45) is 13.0 Å². The Morgan fingerprint density at radius 2 is 1.64 bits per heavy atom. The van der Waals surface area contributed by atoms with Crippen molar-refractivity contribution >= 4 is 39.1 Å². The fourth-order valence-corrected chi connectivity index (χ4v) is 4.96. The molecule has 0 bridgehead atoms. The fourth-order valence-electron chi connectivity index (χ4n) is 4.69. The van der Waals surface area contributed by atoms with Crippen LogP contribution in [0.4, 0.5) is 5.69 Å². The predicted molar refractivity (Wildman–Crippen MR) is 137 cm³/mol. The minimum absolute atomic E-state index is 0.0552. The lowest BCUT2D eigenvalue weighted by Gasteiger charge is -2.26. The minimum atomic E-state index is -1.33. The van der Waals surface area contributed by atoms with Gasteiger partial charge in [-0.3, -0.25) is 33.7 Å². The number of carbonyl (C=O) groups is 3. The first-order valence-electron chi connectivity index (χ1n) is 11.2. The Kier molecular flexibility index (Phi) is 6.01. The van der Waals surface area contributed by atoms with Gasteiger partial charge in [-0.05, 0) is 42.8 Å². The van der Waals surface area contributed by atoms with Crippen LogP contribution in [0.5, 0.6) is 0 Å². The fraction of sp³-hybridized carbons (Fsp3) is 0.148. The zero-order chi connectivity index (χ0) is 25.6. The molecule has 0 N–H and O–H groups in total. The second kappa shape index (κ2) is 9.16. The van der Waals surface area contributed by atoms with Crippen LogP contribution in [0.3, 0.4) is 0 Å². The maximum absolute atomic E-state index is 13.7. The van der Waals surface area contributed by atoms with Crippen molar-refractivity contribution in [2.75, 3.05) is 4.90 Å². The highest BCUT2D eigenvalue weighted by Crippen LogP contribution is 2.41. The van der Waals surface area contributed by atoms with Gasteiger partial charge >= 0.3 is 0 Å². The summed E-state index contributed by atoms with van der Waals surface area (Å²) in [5, 5.41) is 0. The number of rotatable bonds is 5. The van der Waals surface area contributed by atoms with E-state index >= 15 is 0 Å². The number of para-hydroxylation sites is 1. The maximum atomic E-state index is 13.7. The number of amides is 1. The van der Waals surface area contributed by atoms with Gasteiger partial charge in [0.25, 0.3) is 11.5 Å². The molecule has 1 fully saturated rings. The zero-order valence-corrected chi connectivity index (χ0v) is 21.0. The first kappa shape index (κ1) is 23.6. The molecule has 1 amide bonds. The van der Waals surface area contributed by atoms with Gasteiger partial charge in [0, 0.05) is 29.5 Å². The Bertz CT molecular complexity index is 1540. The highest BCUT2D eigenvalue weighted by Gasteiger charge is 2.54. The second-order valence-corrected chi connectivity index (χ2v) is 9.45.